The van der Waals surface area contributed by atoms with E-state index >= 15 is 0 Å². The Kier molecular flexibility index (Phi) is 4.60. The minimum Gasteiger partial charge on any atom is -0.398 e. The first-order chi connectivity index (χ1) is 7.15. The Morgan fingerprint density at radius 3 is 2.93 bits per heavy atom. The largest absolute Gasteiger partial charge is 0.398 e. The number of halogens is 1. The Balaban J connectivity index is 2.73. The fourth-order valence-electron chi connectivity index (χ4n) is 1.10. The molecule has 0 fully saturated rings. The minimum absolute atomic E-state index is 0.409. The van der Waals surface area contributed by atoms with Gasteiger partial charge in [0.1, 0.15) is 0 Å². The van der Waals surface area contributed by atoms with E-state index in [1.165, 1.54) is 0 Å². The second-order valence-electron chi connectivity index (χ2n) is 2.99. The summed E-state index contributed by atoms with van der Waals surface area (Å²) in [6.07, 6.45) is 1.02. The highest BCUT2D eigenvalue weighted by Crippen LogP contribution is 2.21. The van der Waals surface area contributed by atoms with Gasteiger partial charge < -0.3 is 5.73 Å². The molecule has 0 spiro atoms. The van der Waals surface area contributed by atoms with Crippen LogP contribution in [0.15, 0.2) is 23.1 Å². The molecule has 1 aromatic carbocycles. The van der Waals surface area contributed by atoms with E-state index < -0.39 is 10.8 Å². The number of benzene rings is 1. The highest BCUT2D eigenvalue weighted by molar-refractivity contribution is 7.85. The Labute approximate surface area is 96.3 Å². The van der Waals surface area contributed by atoms with Gasteiger partial charge in [-0.05, 0) is 24.6 Å². The first kappa shape index (κ1) is 12.0. The third-order valence-electron chi connectivity index (χ3n) is 1.84. The van der Waals surface area contributed by atoms with Crippen LogP contribution in [0.2, 0.25) is 5.02 Å². The molecule has 1 unspecified atom stereocenters. The standard InChI is InChI=1S/C10H11ClN2OS/c11-8-3-4-9(13)10(7-8)15(14)6-2-1-5-12/h3-4,7H,1-2,6,13H2. The van der Waals surface area contributed by atoms with Gasteiger partial charge in [0.2, 0.25) is 0 Å². The SMILES string of the molecule is N#CCCCS(=O)c1cc(Cl)ccc1N. The first-order valence-electron chi connectivity index (χ1n) is 4.45. The van der Waals surface area contributed by atoms with Crippen molar-refractivity contribution >= 4 is 28.1 Å². The van der Waals surface area contributed by atoms with Crippen LogP contribution in [0.1, 0.15) is 12.8 Å². The summed E-state index contributed by atoms with van der Waals surface area (Å²) in [7, 11) is -1.17. The fraction of sp³-hybridized carbons (Fsp3) is 0.300. The van der Waals surface area contributed by atoms with Gasteiger partial charge in [0, 0.05) is 22.9 Å². The number of nitriles is 1. The van der Waals surface area contributed by atoms with Crippen molar-refractivity contribution in [2.24, 2.45) is 0 Å². The summed E-state index contributed by atoms with van der Waals surface area (Å²) in [4.78, 5) is 0.556. The van der Waals surface area contributed by atoms with E-state index in [1.807, 2.05) is 6.07 Å². The molecule has 0 amide bonds. The monoisotopic (exact) mass is 242 g/mol. The summed E-state index contributed by atoms with van der Waals surface area (Å²) >= 11 is 5.78. The molecule has 0 radical (unpaired) electrons. The molecule has 3 nitrogen and oxygen atoms in total. The molecule has 0 aliphatic rings. The van der Waals surface area contributed by atoms with Crippen LogP contribution in [-0.4, -0.2) is 9.96 Å². The van der Waals surface area contributed by atoms with Crippen molar-refractivity contribution in [3.63, 3.8) is 0 Å². The summed E-state index contributed by atoms with van der Waals surface area (Å²) in [5.41, 5.74) is 6.16. The van der Waals surface area contributed by atoms with Gasteiger partial charge in [-0.2, -0.15) is 5.26 Å². The molecule has 0 aliphatic heterocycles. The molecule has 0 saturated carbocycles. The molecule has 1 atom stereocenters. The van der Waals surface area contributed by atoms with Crippen molar-refractivity contribution in [1.29, 1.82) is 5.26 Å². The molecule has 1 rings (SSSR count). The van der Waals surface area contributed by atoms with E-state index in [0.29, 0.717) is 34.2 Å². The average molecular weight is 243 g/mol. The topological polar surface area (TPSA) is 66.9 Å². The van der Waals surface area contributed by atoms with Crippen LogP contribution >= 0.6 is 11.6 Å². The Morgan fingerprint density at radius 2 is 2.27 bits per heavy atom. The number of rotatable bonds is 4. The lowest BCUT2D eigenvalue weighted by Crippen LogP contribution is -2.02. The van der Waals surface area contributed by atoms with Crippen LogP contribution in [0.3, 0.4) is 0 Å². The number of hydrogen-bond acceptors (Lipinski definition) is 3. The van der Waals surface area contributed by atoms with Gasteiger partial charge in [-0.3, -0.25) is 4.21 Å². The minimum atomic E-state index is -1.17. The van der Waals surface area contributed by atoms with Crippen LogP contribution in [0.25, 0.3) is 0 Å². The van der Waals surface area contributed by atoms with Gasteiger partial charge in [-0.15, -0.1) is 0 Å². The van der Waals surface area contributed by atoms with Crippen molar-refractivity contribution in [1.82, 2.24) is 0 Å². The molecule has 15 heavy (non-hydrogen) atoms. The third-order valence-corrected chi connectivity index (χ3v) is 3.58. The summed E-state index contributed by atoms with van der Waals surface area (Å²) in [6.45, 7) is 0. The second kappa shape index (κ2) is 5.74. The summed E-state index contributed by atoms with van der Waals surface area (Å²) in [5.74, 6) is 0.443. The van der Waals surface area contributed by atoms with E-state index in [2.05, 4.69) is 0 Å². The van der Waals surface area contributed by atoms with E-state index in [1.54, 1.807) is 18.2 Å². The number of anilines is 1. The Bertz CT molecular complexity index is 414. The molecule has 5 heteroatoms. The molecular formula is C10H11ClN2OS. The second-order valence-corrected chi connectivity index (χ2v) is 4.97. The van der Waals surface area contributed by atoms with Crippen molar-refractivity contribution < 1.29 is 4.21 Å². The van der Waals surface area contributed by atoms with Crippen molar-refractivity contribution in [3.8, 4) is 6.07 Å². The zero-order valence-electron chi connectivity index (χ0n) is 8.07. The maximum Gasteiger partial charge on any atom is 0.0632 e. The normalized spacial score (nSPS) is 12.0. The zero-order valence-corrected chi connectivity index (χ0v) is 9.64. The highest BCUT2D eigenvalue weighted by Gasteiger charge is 2.08. The smallest absolute Gasteiger partial charge is 0.0632 e. The quantitative estimate of drug-likeness (QED) is 0.651. The van der Waals surface area contributed by atoms with Gasteiger partial charge in [0.25, 0.3) is 0 Å². The molecule has 1 aromatic rings. The maximum atomic E-state index is 11.8. The summed E-state index contributed by atoms with van der Waals surface area (Å²) in [5, 5.41) is 8.87. The van der Waals surface area contributed by atoms with Crippen LogP contribution in [0.5, 0.6) is 0 Å². The lowest BCUT2D eigenvalue weighted by atomic mass is 10.3. The summed E-state index contributed by atoms with van der Waals surface area (Å²) in [6, 6.07) is 6.92. The van der Waals surface area contributed by atoms with Gasteiger partial charge in [0.05, 0.1) is 21.8 Å². The van der Waals surface area contributed by atoms with Crippen LogP contribution < -0.4 is 5.73 Å². The van der Waals surface area contributed by atoms with E-state index in [0.717, 1.165) is 0 Å². The van der Waals surface area contributed by atoms with Gasteiger partial charge >= 0.3 is 0 Å². The van der Waals surface area contributed by atoms with E-state index in [-0.39, 0.29) is 0 Å². The molecular weight excluding hydrogens is 232 g/mol. The predicted octanol–water partition coefficient (Wildman–Crippen LogP) is 2.33. The lowest BCUT2D eigenvalue weighted by Gasteiger charge is -2.05. The number of nitrogens with zero attached hydrogens (tertiary/aromatic N) is 1. The Morgan fingerprint density at radius 1 is 1.53 bits per heavy atom. The average Bonchev–Trinajstić information content (AvgIpc) is 2.22. The van der Waals surface area contributed by atoms with Crippen molar-refractivity contribution in [3.05, 3.63) is 23.2 Å². The van der Waals surface area contributed by atoms with Gasteiger partial charge in [-0.1, -0.05) is 11.6 Å². The summed E-state index contributed by atoms with van der Waals surface area (Å²) < 4.78 is 11.8. The number of unbranched alkanes of at least 4 members (excludes halogenated alkanes) is 1. The lowest BCUT2D eigenvalue weighted by molar-refractivity contribution is 0.681. The third kappa shape index (κ3) is 3.54. The molecule has 2 N–H and O–H groups in total. The zero-order chi connectivity index (χ0) is 11.3. The van der Waals surface area contributed by atoms with Gasteiger partial charge in [0.15, 0.2) is 0 Å². The van der Waals surface area contributed by atoms with Gasteiger partial charge in [-0.25, -0.2) is 0 Å². The Hall–Kier alpha value is -1.05. The predicted molar refractivity (Wildman–Crippen MR) is 62.0 cm³/mol. The molecule has 80 valence electrons. The van der Waals surface area contributed by atoms with E-state index in [4.69, 9.17) is 22.6 Å². The van der Waals surface area contributed by atoms with Crippen LogP contribution in [0, 0.1) is 11.3 Å². The first-order valence-corrected chi connectivity index (χ1v) is 6.15. The highest BCUT2D eigenvalue weighted by atomic mass is 35.5. The molecule has 0 bridgehead atoms. The van der Waals surface area contributed by atoms with Crippen molar-refractivity contribution in [2.75, 3.05) is 11.5 Å². The molecule has 0 aliphatic carbocycles. The fourth-order valence-corrected chi connectivity index (χ4v) is 2.55. The van der Waals surface area contributed by atoms with Crippen molar-refractivity contribution in [2.45, 2.75) is 17.7 Å². The molecule has 0 heterocycles. The molecule has 0 saturated heterocycles. The number of nitrogen functional groups attached to an aromatic ring is 1. The number of nitrogens with two attached hydrogens (primary N) is 1. The number of hydrogen-bond donors (Lipinski definition) is 1. The van der Waals surface area contributed by atoms with Crippen LogP contribution in [0.4, 0.5) is 5.69 Å². The van der Waals surface area contributed by atoms with E-state index in [9.17, 15) is 4.21 Å². The molecule has 0 aromatic heterocycles. The van der Waals surface area contributed by atoms with Crippen LogP contribution in [-0.2, 0) is 10.8 Å². The maximum absolute atomic E-state index is 11.8.